The van der Waals surface area contributed by atoms with Crippen molar-refractivity contribution in [2.45, 2.75) is 6.92 Å². The van der Waals surface area contributed by atoms with E-state index in [0.29, 0.717) is 30.4 Å². The first-order valence-electron chi connectivity index (χ1n) is 7.19. The summed E-state index contributed by atoms with van der Waals surface area (Å²) in [7, 11) is 0. The topological polar surface area (TPSA) is 74.1 Å². The van der Waals surface area contributed by atoms with Gasteiger partial charge < -0.3 is 15.0 Å². The first-order valence-corrected chi connectivity index (χ1v) is 7.19. The number of morpholine rings is 1. The second-order valence-corrected chi connectivity index (χ2v) is 5.12. The summed E-state index contributed by atoms with van der Waals surface area (Å²) in [4.78, 5) is 10.6. The second kappa shape index (κ2) is 6.41. The van der Waals surface area contributed by atoms with Crippen LogP contribution < -0.4 is 10.2 Å². The Balaban J connectivity index is 1.91. The minimum Gasteiger partial charge on any atom is -0.378 e. The van der Waals surface area contributed by atoms with Crippen molar-refractivity contribution >= 4 is 17.3 Å². The number of hydrogen-bond acceptors (Lipinski definition) is 6. The van der Waals surface area contributed by atoms with Crippen LogP contribution in [-0.4, -0.2) is 36.3 Å². The number of anilines is 3. The van der Waals surface area contributed by atoms with E-state index in [-0.39, 0.29) is 0 Å². The molecule has 0 spiro atoms. The summed E-state index contributed by atoms with van der Waals surface area (Å²) in [6.07, 6.45) is 1.49. The maximum absolute atomic E-state index is 9.52. The van der Waals surface area contributed by atoms with Gasteiger partial charge in [-0.2, -0.15) is 5.26 Å². The van der Waals surface area contributed by atoms with Gasteiger partial charge in [-0.25, -0.2) is 9.97 Å². The molecular weight excluding hydrogens is 278 g/mol. The minimum absolute atomic E-state index is 0.463. The van der Waals surface area contributed by atoms with E-state index in [1.165, 1.54) is 11.9 Å². The van der Waals surface area contributed by atoms with Gasteiger partial charge in [-0.3, -0.25) is 0 Å². The highest BCUT2D eigenvalue weighted by atomic mass is 16.5. The number of aromatic nitrogens is 2. The van der Waals surface area contributed by atoms with Crippen LogP contribution in [0.3, 0.4) is 0 Å². The van der Waals surface area contributed by atoms with Crippen molar-refractivity contribution in [1.82, 2.24) is 9.97 Å². The van der Waals surface area contributed by atoms with Crippen LogP contribution in [0.1, 0.15) is 11.1 Å². The maximum Gasteiger partial charge on any atom is 0.153 e. The molecule has 0 atom stereocenters. The third-order valence-corrected chi connectivity index (χ3v) is 3.56. The Morgan fingerprint density at radius 2 is 1.91 bits per heavy atom. The molecule has 1 aromatic carbocycles. The average molecular weight is 295 g/mol. The summed E-state index contributed by atoms with van der Waals surface area (Å²) in [5.41, 5.74) is 2.54. The monoisotopic (exact) mass is 295 g/mol. The first-order chi connectivity index (χ1) is 10.8. The molecule has 3 rings (SSSR count). The fraction of sp³-hybridized carbons (Fsp3) is 0.312. The summed E-state index contributed by atoms with van der Waals surface area (Å²) >= 11 is 0. The number of nitrogens with zero attached hydrogens (tertiary/aromatic N) is 4. The Morgan fingerprint density at radius 1 is 1.18 bits per heavy atom. The van der Waals surface area contributed by atoms with Crippen LogP contribution in [0.2, 0.25) is 0 Å². The Kier molecular flexibility index (Phi) is 4.17. The van der Waals surface area contributed by atoms with Crippen LogP contribution in [0.25, 0.3) is 0 Å². The number of benzene rings is 1. The van der Waals surface area contributed by atoms with Crippen molar-refractivity contribution in [2.75, 3.05) is 36.5 Å². The molecule has 1 N–H and O–H groups in total. The van der Waals surface area contributed by atoms with Gasteiger partial charge in [-0.1, -0.05) is 17.7 Å². The Morgan fingerprint density at radius 3 is 2.59 bits per heavy atom. The summed E-state index contributed by atoms with van der Waals surface area (Å²) in [5, 5.41) is 12.7. The third-order valence-electron chi connectivity index (χ3n) is 3.56. The van der Waals surface area contributed by atoms with Crippen molar-refractivity contribution in [3.63, 3.8) is 0 Å². The number of nitrogens with one attached hydrogen (secondary N) is 1. The lowest BCUT2D eigenvalue weighted by molar-refractivity contribution is 0.122. The standard InChI is InChI=1S/C16H17N5O/c1-12-2-4-13(5-3-12)20-15-14(10-17)16(19-11-18-15)21-6-8-22-9-7-21/h2-5,11H,6-9H2,1H3,(H,18,19,20). The molecule has 0 radical (unpaired) electrons. The molecule has 1 aliphatic rings. The second-order valence-electron chi connectivity index (χ2n) is 5.12. The van der Waals surface area contributed by atoms with Gasteiger partial charge in [-0.05, 0) is 19.1 Å². The molecule has 2 aromatic rings. The molecule has 22 heavy (non-hydrogen) atoms. The van der Waals surface area contributed by atoms with Crippen molar-refractivity contribution in [1.29, 1.82) is 5.26 Å². The predicted octanol–water partition coefficient (Wildman–Crippen LogP) is 2.24. The van der Waals surface area contributed by atoms with Crippen LogP contribution in [0.5, 0.6) is 0 Å². The fourth-order valence-electron chi connectivity index (χ4n) is 2.36. The van der Waals surface area contributed by atoms with E-state index in [4.69, 9.17) is 4.74 Å². The Labute approximate surface area is 129 Å². The van der Waals surface area contributed by atoms with Crippen molar-refractivity contribution in [2.24, 2.45) is 0 Å². The number of ether oxygens (including phenoxy) is 1. The van der Waals surface area contributed by atoms with Gasteiger partial charge in [-0.15, -0.1) is 0 Å². The molecule has 1 aliphatic heterocycles. The van der Waals surface area contributed by atoms with Gasteiger partial charge >= 0.3 is 0 Å². The zero-order valence-corrected chi connectivity index (χ0v) is 12.4. The smallest absolute Gasteiger partial charge is 0.153 e. The molecule has 0 aliphatic carbocycles. The molecule has 6 nitrogen and oxygen atoms in total. The predicted molar refractivity (Wildman–Crippen MR) is 84.2 cm³/mol. The molecule has 1 aromatic heterocycles. The Hall–Kier alpha value is -2.65. The van der Waals surface area contributed by atoms with E-state index >= 15 is 0 Å². The highest BCUT2D eigenvalue weighted by molar-refractivity contribution is 5.70. The molecule has 0 amide bonds. The van der Waals surface area contributed by atoms with Crippen molar-refractivity contribution in [3.8, 4) is 6.07 Å². The minimum atomic E-state index is 0.463. The SMILES string of the molecule is Cc1ccc(Nc2ncnc(N3CCOCC3)c2C#N)cc1. The van der Waals surface area contributed by atoms with Crippen LogP contribution >= 0.6 is 0 Å². The molecule has 0 bridgehead atoms. The van der Waals surface area contributed by atoms with Gasteiger partial charge in [0.2, 0.25) is 0 Å². The zero-order chi connectivity index (χ0) is 15.4. The molecule has 2 heterocycles. The first kappa shape index (κ1) is 14.3. The van der Waals surface area contributed by atoms with Crippen LogP contribution in [0.4, 0.5) is 17.3 Å². The third kappa shape index (κ3) is 3.00. The van der Waals surface area contributed by atoms with Gasteiger partial charge in [0.25, 0.3) is 0 Å². The van der Waals surface area contributed by atoms with E-state index < -0.39 is 0 Å². The van der Waals surface area contributed by atoms with E-state index in [9.17, 15) is 5.26 Å². The molecule has 112 valence electrons. The zero-order valence-electron chi connectivity index (χ0n) is 12.4. The molecule has 1 saturated heterocycles. The van der Waals surface area contributed by atoms with E-state index in [1.807, 2.05) is 31.2 Å². The normalized spacial score (nSPS) is 14.5. The van der Waals surface area contributed by atoms with Crippen molar-refractivity contribution in [3.05, 3.63) is 41.7 Å². The largest absolute Gasteiger partial charge is 0.378 e. The summed E-state index contributed by atoms with van der Waals surface area (Å²) in [6.45, 7) is 4.79. The maximum atomic E-state index is 9.52. The van der Waals surface area contributed by atoms with Gasteiger partial charge in [0.1, 0.15) is 18.0 Å². The lowest BCUT2D eigenvalue weighted by Gasteiger charge is -2.28. The average Bonchev–Trinajstić information content (AvgIpc) is 2.57. The summed E-state index contributed by atoms with van der Waals surface area (Å²) < 4.78 is 5.35. The van der Waals surface area contributed by atoms with Crippen LogP contribution in [0.15, 0.2) is 30.6 Å². The number of aryl methyl sites for hydroxylation is 1. The Bertz CT molecular complexity index is 687. The lowest BCUT2D eigenvalue weighted by Crippen LogP contribution is -2.37. The molecule has 0 saturated carbocycles. The van der Waals surface area contributed by atoms with Crippen LogP contribution in [0, 0.1) is 18.3 Å². The highest BCUT2D eigenvalue weighted by Gasteiger charge is 2.19. The number of rotatable bonds is 3. The molecule has 6 heteroatoms. The van der Waals surface area contributed by atoms with Crippen molar-refractivity contribution < 1.29 is 4.74 Å². The van der Waals surface area contributed by atoms with Crippen LogP contribution in [-0.2, 0) is 4.74 Å². The van der Waals surface area contributed by atoms with E-state index in [0.717, 1.165) is 18.8 Å². The van der Waals surface area contributed by atoms with Gasteiger partial charge in [0, 0.05) is 18.8 Å². The van der Waals surface area contributed by atoms with E-state index in [2.05, 4.69) is 26.3 Å². The fourth-order valence-corrected chi connectivity index (χ4v) is 2.36. The molecule has 0 unspecified atom stereocenters. The summed E-state index contributed by atoms with van der Waals surface area (Å²) in [6, 6.07) is 10.2. The van der Waals surface area contributed by atoms with Gasteiger partial charge in [0.15, 0.2) is 11.6 Å². The quantitative estimate of drug-likeness (QED) is 0.936. The number of hydrogen-bond donors (Lipinski definition) is 1. The molecule has 1 fully saturated rings. The number of nitriles is 1. The van der Waals surface area contributed by atoms with Gasteiger partial charge in [0.05, 0.1) is 13.2 Å². The lowest BCUT2D eigenvalue weighted by atomic mass is 10.2. The molecular formula is C16H17N5O. The highest BCUT2D eigenvalue weighted by Crippen LogP contribution is 2.25. The summed E-state index contributed by atoms with van der Waals surface area (Å²) in [5.74, 6) is 1.19. The van der Waals surface area contributed by atoms with E-state index in [1.54, 1.807) is 0 Å².